The van der Waals surface area contributed by atoms with Crippen LogP contribution in [0.15, 0.2) is 48.9 Å². The molecule has 0 bridgehead atoms. The molecule has 134 valence electrons. The van der Waals surface area contributed by atoms with Crippen molar-refractivity contribution in [3.8, 4) is 0 Å². The van der Waals surface area contributed by atoms with E-state index in [4.69, 9.17) is 5.73 Å². The van der Waals surface area contributed by atoms with Crippen LogP contribution in [-0.2, 0) is 7.05 Å². The van der Waals surface area contributed by atoms with E-state index in [-0.39, 0.29) is 11.5 Å². The van der Waals surface area contributed by atoms with Gasteiger partial charge in [0.25, 0.3) is 5.91 Å². The van der Waals surface area contributed by atoms with E-state index in [9.17, 15) is 4.79 Å². The number of carbonyl (C=O) groups is 1. The minimum absolute atomic E-state index is 0.238. The number of nitrogens with zero attached hydrogens (tertiary/aromatic N) is 4. The Kier molecular flexibility index (Phi) is 5.12. The van der Waals surface area contributed by atoms with E-state index in [2.05, 4.69) is 44.8 Å². The molecule has 2 aromatic heterocycles. The zero-order valence-electron chi connectivity index (χ0n) is 14.7. The average Bonchev–Trinajstić information content (AvgIpc) is 3.05. The van der Waals surface area contributed by atoms with Crippen LogP contribution in [0.5, 0.6) is 0 Å². The van der Waals surface area contributed by atoms with E-state index >= 15 is 0 Å². The first-order valence-corrected chi connectivity index (χ1v) is 8.24. The van der Waals surface area contributed by atoms with Crippen LogP contribution >= 0.6 is 0 Å². The number of nitrogens with two attached hydrogens (primary N) is 1. The van der Waals surface area contributed by atoms with Crippen molar-refractivity contribution in [2.45, 2.75) is 12.8 Å². The second-order valence-corrected chi connectivity index (χ2v) is 6.04. The zero-order chi connectivity index (χ0) is 18.5. The number of carbonyl (C=O) groups excluding carboxylic acids is 1. The first-order valence-electron chi connectivity index (χ1n) is 8.24. The van der Waals surface area contributed by atoms with Crippen molar-refractivity contribution >= 4 is 23.4 Å². The van der Waals surface area contributed by atoms with Crippen LogP contribution in [-0.4, -0.2) is 32.2 Å². The third kappa shape index (κ3) is 4.15. The van der Waals surface area contributed by atoms with Gasteiger partial charge in [-0.1, -0.05) is 37.3 Å². The molecule has 0 fully saturated rings. The molecule has 0 radical (unpaired) electrons. The van der Waals surface area contributed by atoms with Gasteiger partial charge in [-0.15, -0.1) is 0 Å². The number of hydrogen-bond donors (Lipinski definition) is 3. The standard InChI is InChI=1S/C18H21N7O/c1-12(13-6-4-3-5-7-13)8-20-17-15(16(19)26)10-21-18(24-17)23-14-9-22-25(2)11-14/h3-7,9-12H,8H2,1-2H3,(H2,19,26)(H2,20,21,23,24)/t12-/m0/s1. The minimum Gasteiger partial charge on any atom is -0.369 e. The van der Waals surface area contributed by atoms with Gasteiger partial charge in [-0.05, 0) is 11.5 Å². The molecule has 3 aromatic rings. The highest BCUT2D eigenvalue weighted by Crippen LogP contribution is 2.19. The molecule has 26 heavy (non-hydrogen) atoms. The molecular formula is C18H21N7O. The molecule has 8 nitrogen and oxygen atoms in total. The summed E-state index contributed by atoms with van der Waals surface area (Å²) < 4.78 is 1.67. The number of benzene rings is 1. The lowest BCUT2D eigenvalue weighted by Gasteiger charge is -2.15. The summed E-state index contributed by atoms with van der Waals surface area (Å²) >= 11 is 0. The average molecular weight is 351 g/mol. The van der Waals surface area contributed by atoms with Crippen LogP contribution in [0.4, 0.5) is 17.5 Å². The fourth-order valence-electron chi connectivity index (χ4n) is 2.52. The second-order valence-electron chi connectivity index (χ2n) is 6.04. The summed E-state index contributed by atoms with van der Waals surface area (Å²) in [6, 6.07) is 10.1. The maximum absolute atomic E-state index is 11.7. The Balaban J connectivity index is 1.77. The van der Waals surface area contributed by atoms with E-state index in [1.165, 1.54) is 11.8 Å². The predicted molar refractivity (Wildman–Crippen MR) is 100 cm³/mol. The van der Waals surface area contributed by atoms with Gasteiger partial charge in [0, 0.05) is 26.0 Å². The highest BCUT2D eigenvalue weighted by molar-refractivity contribution is 5.97. The summed E-state index contributed by atoms with van der Waals surface area (Å²) in [5.74, 6) is 0.425. The molecule has 0 aliphatic rings. The van der Waals surface area contributed by atoms with Crippen molar-refractivity contribution in [3.63, 3.8) is 0 Å². The molecule has 0 unspecified atom stereocenters. The van der Waals surface area contributed by atoms with Crippen molar-refractivity contribution in [2.24, 2.45) is 12.8 Å². The lowest BCUT2D eigenvalue weighted by Crippen LogP contribution is -2.19. The van der Waals surface area contributed by atoms with Gasteiger partial charge >= 0.3 is 0 Å². The number of aromatic nitrogens is 4. The highest BCUT2D eigenvalue weighted by atomic mass is 16.1. The molecule has 0 aliphatic heterocycles. The third-order valence-corrected chi connectivity index (χ3v) is 3.96. The number of hydrogen-bond acceptors (Lipinski definition) is 6. The third-order valence-electron chi connectivity index (χ3n) is 3.96. The summed E-state index contributed by atoms with van der Waals surface area (Å²) in [7, 11) is 1.82. The highest BCUT2D eigenvalue weighted by Gasteiger charge is 2.14. The minimum atomic E-state index is -0.576. The van der Waals surface area contributed by atoms with Crippen molar-refractivity contribution in [2.75, 3.05) is 17.2 Å². The maximum atomic E-state index is 11.7. The van der Waals surface area contributed by atoms with Crippen LogP contribution in [0, 0.1) is 0 Å². The van der Waals surface area contributed by atoms with Gasteiger partial charge < -0.3 is 16.4 Å². The number of amides is 1. The topological polar surface area (TPSA) is 111 Å². The Morgan fingerprint density at radius 3 is 2.69 bits per heavy atom. The molecule has 0 spiro atoms. The van der Waals surface area contributed by atoms with Crippen molar-refractivity contribution < 1.29 is 4.79 Å². The molecule has 3 rings (SSSR count). The van der Waals surface area contributed by atoms with Gasteiger partial charge in [0.15, 0.2) is 0 Å². The summed E-state index contributed by atoms with van der Waals surface area (Å²) in [6.45, 7) is 2.70. The second kappa shape index (κ2) is 7.64. The SMILES string of the molecule is C[C@@H](CNc1nc(Nc2cnn(C)c2)ncc1C(N)=O)c1ccccc1. The molecule has 0 saturated heterocycles. The van der Waals surface area contributed by atoms with Crippen molar-refractivity contribution in [3.05, 3.63) is 60.0 Å². The van der Waals surface area contributed by atoms with E-state index in [0.717, 1.165) is 5.69 Å². The fourth-order valence-corrected chi connectivity index (χ4v) is 2.52. The molecule has 0 saturated carbocycles. The molecule has 0 aliphatic carbocycles. The number of nitrogens with one attached hydrogen (secondary N) is 2. The van der Waals surface area contributed by atoms with Crippen molar-refractivity contribution in [1.82, 2.24) is 19.7 Å². The maximum Gasteiger partial charge on any atom is 0.254 e. The Hall–Kier alpha value is -3.42. The smallest absolute Gasteiger partial charge is 0.254 e. The van der Waals surface area contributed by atoms with Gasteiger partial charge in [-0.2, -0.15) is 10.1 Å². The van der Waals surface area contributed by atoms with Crippen molar-refractivity contribution in [1.29, 1.82) is 0 Å². The molecule has 2 heterocycles. The number of anilines is 3. The molecule has 4 N–H and O–H groups in total. The van der Waals surface area contributed by atoms with E-state index < -0.39 is 5.91 Å². The number of rotatable bonds is 7. The summed E-state index contributed by atoms with van der Waals surface area (Å²) in [5, 5.41) is 10.3. The Morgan fingerprint density at radius 1 is 1.27 bits per heavy atom. The lowest BCUT2D eigenvalue weighted by atomic mass is 10.0. The van der Waals surface area contributed by atoms with Crippen LogP contribution in [0.2, 0.25) is 0 Å². The molecule has 1 atom stereocenters. The number of primary amides is 1. The van der Waals surface area contributed by atoms with E-state index in [1.807, 2.05) is 25.2 Å². The fraction of sp³-hybridized carbons (Fsp3) is 0.222. The monoisotopic (exact) mass is 351 g/mol. The predicted octanol–water partition coefficient (Wildman–Crippen LogP) is 2.27. The molecule has 1 amide bonds. The largest absolute Gasteiger partial charge is 0.369 e. The van der Waals surface area contributed by atoms with E-state index in [0.29, 0.717) is 18.3 Å². The quantitative estimate of drug-likeness (QED) is 0.602. The Morgan fingerprint density at radius 2 is 2.04 bits per heavy atom. The zero-order valence-corrected chi connectivity index (χ0v) is 14.7. The normalized spacial score (nSPS) is 11.8. The summed E-state index contributed by atoms with van der Waals surface area (Å²) in [4.78, 5) is 20.2. The van der Waals surface area contributed by atoms with Crippen LogP contribution in [0.3, 0.4) is 0 Å². The molecule has 1 aromatic carbocycles. The first kappa shape index (κ1) is 17.4. The van der Waals surface area contributed by atoms with Gasteiger partial charge in [0.2, 0.25) is 5.95 Å². The van der Waals surface area contributed by atoms with Crippen LogP contribution in [0.25, 0.3) is 0 Å². The van der Waals surface area contributed by atoms with Gasteiger partial charge in [-0.3, -0.25) is 9.48 Å². The summed E-state index contributed by atoms with van der Waals surface area (Å²) in [6.07, 6.45) is 4.88. The van der Waals surface area contributed by atoms with Gasteiger partial charge in [0.1, 0.15) is 5.82 Å². The number of aryl methyl sites for hydroxylation is 1. The van der Waals surface area contributed by atoms with E-state index in [1.54, 1.807) is 17.1 Å². The Bertz CT molecular complexity index is 892. The molecule has 8 heteroatoms. The van der Waals surface area contributed by atoms with Crippen LogP contribution < -0.4 is 16.4 Å². The first-order chi connectivity index (χ1) is 12.5. The lowest BCUT2D eigenvalue weighted by molar-refractivity contribution is 0.100. The summed E-state index contributed by atoms with van der Waals surface area (Å²) in [5.41, 5.74) is 7.65. The van der Waals surface area contributed by atoms with Gasteiger partial charge in [0.05, 0.1) is 17.4 Å². The van der Waals surface area contributed by atoms with Gasteiger partial charge in [-0.25, -0.2) is 4.98 Å². The van der Waals surface area contributed by atoms with Crippen LogP contribution in [0.1, 0.15) is 28.8 Å². The molecular weight excluding hydrogens is 330 g/mol. The Labute approximate surface area is 151 Å².